The Balaban J connectivity index is 2.11. The number of carboxylic acids is 1. The fourth-order valence-electron chi connectivity index (χ4n) is 1.92. The topological polar surface area (TPSA) is 69.6 Å². The summed E-state index contributed by atoms with van der Waals surface area (Å²) in [7, 11) is 0. The van der Waals surface area contributed by atoms with Crippen LogP contribution in [0.1, 0.15) is 5.56 Å². The fourth-order valence-corrected chi connectivity index (χ4v) is 2.05. The standard InChI is InChI=1S/C12H13ClN2O3/c13-9-3-1-8(2-4-9)6-15-7-11(16)14-5-10(15)12(17)18/h1-4,10H,5-7H2,(H,14,16)(H,17,18). The molecule has 0 saturated carbocycles. The van der Waals surface area contributed by atoms with E-state index in [-0.39, 0.29) is 19.0 Å². The third-order valence-corrected chi connectivity index (χ3v) is 3.12. The van der Waals surface area contributed by atoms with Crippen LogP contribution in [0.4, 0.5) is 0 Å². The van der Waals surface area contributed by atoms with E-state index in [1.807, 2.05) is 12.1 Å². The lowest BCUT2D eigenvalue weighted by Gasteiger charge is -2.32. The number of halogens is 1. The SMILES string of the molecule is O=C1CN(Cc2ccc(Cl)cc2)C(C(=O)O)CN1. The zero-order valence-electron chi connectivity index (χ0n) is 9.60. The van der Waals surface area contributed by atoms with E-state index in [9.17, 15) is 9.59 Å². The number of aliphatic carboxylic acids is 1. The second-order valence-corrected chi connectivity index (χ2v) is 4.63. The molecule has 1 saturated heterocycles. The minimum atomic E-state index is -0.927. The zero-order chi connectivity index (χ0) is 13.1. The van der Waals surface area contributed by atoms with E-state index < -0.39 is 12.0 Å². The first-order valence-corrected chi connectivity index (χ1v) is 5.92. The number of nitrogens with zero attached hydrogens (tertiary/aromatic N) is 1. The van der Waals surface area contributed by atoms with Gasteiger partial charge in [0.2, 0.25) is 5.91 Å². The number of rotatable bonds is 3. The van der Waals surface area contributed by atoms with Gasteiger partial charge in [-0.2, -0.15) is 0 Å². The summed E-state index contributed by atoms with van der Waals surface area (Å²) in [6.45, 7) is 0.656. The van der Waals surface area contributed by atoms with Gasteiger partial charge in [-0.3, -0.25) is 14.5 Å². The van der Waals surface area contributed by atoms with E-state index >= 15 is 0 Å². The molecular formula is C12H13ClN2O3. The summed E-state index contributed by atoms with van der Waals surface area (Å²) < 4.78 is 0. The second-order valence-electron chi connectivity index (χ2n) is 4.19. The van der Waals surface area contributed by atoms with Gasteiger partial charge in [0, 0.05) is 18.1 Å². The van der Waals surface area contributed by atoms with Crippen LogP contribution in [0.15, 0.2) is 24.3 Å². The van der Waals surface area contributed by atoms with Crippen molar-refractivity contribution in [1.29, 1.82) is 0 Å². The molecule has 1 unspecified atom stereocenters. The van der Waals surface area contributed by atoms with Gasteiger partial charge in [0.05, 0.1) is 6.54 Å². The molecule has 0 spiro atoms. The van der Waals surface area contributed by atoms with Crippen LogP contribution in [-0.2, 0) is 16.1 Å². The molecule has 0 radical (unpaired) electrons. The third-order valence-electron chi connectivity index (χ3n) is 2.86. The monoisotopic (exact) mass is 268 g/mol. The lowest BCUT2D eigenvalue weighted by molar-refractivity contribution is -0.146. The van der Waals surface area contributed by atoms with Gasteiger partial charge in [0.15, 0.2) is 0 Å². The van der Waals surface area contributed by atoms with Crippen molar-refractivity contribution >= 4 is 23.5 Å². The smallest absolute Gasteiger partial charge is 0.322 e. The van der Waals surface area contributed by atoms with Crippen LogP contribution < -0.4 is 5.32 Å². The highest BCUT2D eigenvalue weighted by Crippen LogP contribution is 2.14. The maximum Gasteiger partial charge on any atom is 0.322 e. The average molecular weight is 269 g/mol. The first-order valence-electron chi connectivity index (χ1n) is 5.54. The van der Waals surface area contributed by atoms with E-state index in [0.717, 1.165) is 5.56 Å². The lowest BCUT2D eigenvalue weighted by atomic mass is 10.1. The molecule has 0 aromatic heterocycles. The Morgan fingerprint density at radius 1 is 1.44 bits per heavy atom. The highest BCUT2D eigenvalue weighted by Gasteiger charge is 2.31. The fraction of sp³-hybridized carbons (Fsp3) is 0.333. The Morgan fingerprint density at radius 2 is 2.11 bits per heavy atom. The van der Waals surface area contributed by atoms with Crippen LogP contribution in [0.5, 0.6) is 0 Å². The summed E-state index contributed by atoms with van der Waals surface area (Å²) in [5, 5.41) is 12.3. The molecule has 1 atom stereocenters. The van der Waals surface area contributed by atoms with Gasteiger partial charge >= 0.3 is 5.97 Å². The molecule has 2 N–H and O–H groups in total. The number of nitrogens with one attached hydrogen (secondary N) is 1. The van der Waals surface area contributed by atoms with Crippen molar-refractivity contribution in [3.8, 4) is 0 Å². The molecule has 5 nitrogen and oxygen atoms in total. The minimum Gasteiger partial charge on any atom is -0.480 e. The molecule has 0 bridgehead atoms. The van der Waals surface area contributed by atoms with Crippen molar-refractivity contribution in [2.75, 3.05) is 13.1 Å². The van der Waals surface area contributed by atoms with Crippen molar-refractivity contribution in [3.05, 3.63) is 34.9 Å². The van der Waals surface area contributed by atoms with Gasteiger partial charge in [-0.05, 0) is 17.7 Å². The van der Waals surface area contributed by atoms with Gasteiger partial charge in [-0.1, -0.05) is 23.7 Å². The molecule has 0 aliphatic carbocycles. The van der Waals surface area contributed by atoms with Crippen molar-refractivity contribution in [1.82, 2.24) is 10.2 Å². The summed E-state index contributed by atoms with van der Waals surface area (Å²) in [5.41, 5.74) is 0.931. The maximum atomic E-state index is 11.3. The first-order chi connectivity index (χ1) is 8.56. The predicted molar refractivity (Wildman–Crippen MR) is 66.3 cm³/mol. The quantitative estimate of drug-likeness (QED) is 0.848. The Bertz CT molecular complexity index is 461. The summed E-state index contributed by atoms with van der Waals surface area (Å²) in [6, 6.07) is 6.47. The Kier molecular flexibility index (Phi) is 3.84. The van der Waals surface area contributed by atoms with Gasteiger partial charge in [0.25, 0.3) is 0 Å². The van der Waals surface area contributed by atoms with Crippen molar-refractivity contribution in [2.24, 2.45) is 0 Å². The molecule has 1 aliphatic rings. The van der Waals surface area contributed by atoms with E-state index in [1.165, 1.54) is 0 Å². The molecule has 2 rings (SSSR count). The number of benzene rings is 1. The molecule has 1 amide bonds. The molecule has 6 heteroatoms. The number of amides is 1. The van der Waals surface area contributed by atoms with Crippen LogP contribution in [0.25, 0.3) is 0 Å². The van der Waals surface area contributed by atoms with E-state index in [0.29, 0.717) is 11.6 Å². The van der Waals surface area contributed by atoms with Crippen LogP contribution in [0.2, 0.25) is 5.02 Å². The zero-order valence-corrected chi connectivity index (χ0v) is 10.4. The number of piperazine rings is 1. The van der Waals surface area contributed by atoms with E-state index in [1.54, 1.807) is 17.0 Å². The molecule has 18 heavy (non-hydrogen) atoms. The lowest BCUT2D eigenvalue weighted by Crippen LogP contribution is -2.56. The summed E-state index contributed by atoms with van der Waals surface area (Å²) in [5.74, 6) is -1.08. The highest BCUT2D eigenvalue weighted by molar-refractivity contribution is 6.30. The number of carbonyl (C=O) groups excluding carboxylic acids is 1. The largest absolute Gasteiger partial charge is 0.480 e. The van der Waals surface area contributed by atoms with E-state index in [2.05, 4.69) is 5.32 Å². The first kappa shape index (κ1) is 12.9. The molecule has 1 aromatic carbocycles. The second kappa shape index (κ2) is 5.37. The molecule has 1 fully saturated rings. The number of hydrogen-bond acceptors (Lipinski definition) is 3. The average Bonchev–Trinajstić information content (AvgIpc) is 2.32. The molecule has 96 valence electrons. The number of carbonyl (C=O) groups is 2. The van der Waals surface area contributed by atoms with Crippen LogP contribution in [0, 0.1) is 0 Å². The highest BCUT2D eigenvalue weighted by atomic mass is 35.5. The molecule has 1 aliphatic heterocycles. The predicted octanol–water partition coefficient (Wildman–Crippen LogP) is 0.725. The maximum absolute atomic E-state index is 11.3. The normalized spacial score (nSPS) is 20.5. The van der Waals surface area contributed by atoms with E-state index in [4.69, 9.17) is 16.7 Å². The van der Waals surface area contributed by atoms with Crippen molar-refractivity contribution in [2.45, 2.75) is 12.6 Å². The summed E-state index contributed by atoms with van der Waals surface area (Å²) in [4.78, 5) is 24.1. The van der Waals surface area contributed by atoms with Gasteiger partial charge < -0.3 is 10.4 Å². The van der Waals surface area contributed by atoms with Crippen molar-refractivity contribution < 1.29 is 14.7 Å². The Labute approximate surface area is 109 Å². The van der Waals surface area contributed by atoms with Gasteiger partial charge in [0.1, 0.15) is 6.04 Å². The Hall–Kier alpha value is -1.59. The summed E-state index contributed by atoms with van der Waals surface area (Å²) in [6.07, 6.45) is 0. The molecule has 1 heterocycles. The minimum absolute atomic E-state index is 0.0968. The van der Waals surface area contributed by atoms with Crippen LogP contribution >= 0.6 is 11.6 Å². The van der Waals surface area contributed by atoms with Gasteiger partial charge in [-0.15, -0.1) is 0 Å². The molecular weight excluding hydrogens is 256 g/mol. The van der Waals surface area contributed by atoms with Crippen LogP contribution in [-0.4, -0.2) is 41.0 Å². The third kappa shape index (κ3) is 3.00. The van der Waals surface area contributed by atoms with Crippen molar-refractivity contribution in [3.63, 3.8) is 0 Å². The summed E-state index contributed by atoms with van der Waals surface area (Å²) >= 11 is 5.78. The van der Waals surface area contributed by atoms with Crippen LogP contribution in [0.3, 0.4) is 0 Å². The molecule has 1 aromatic rings. The number of carboxylic acid groups (broad SMARTS) is 1. The van der Waals surface area contributed by atoms with Gasteiger partial charge in [-0.25, -0.2) is 0 Å². The Morgan fingerprint density at radius 3 is 2.72 bits per heavy atom. The number of hydrogen-bond donors (Lipinski definition) is 2.